The van der Waals surface area contributed by atoms with E-state index < -0.39 is 6.36 Å². The molecule has 4 nitrogen and oxygen atoms in total. The highest BCUT2D eigenvalue weighted by Gasteiger charge is 2.31. The van der Waals surface area contributed by atoms with Gasteiger partial charge in [0.05, 0.1) is 12.2 Å². The van der Waals surface area contributed by atoms with E-state index in [1.807, 2.05) is 18.2 Å². The number of guanidine groups is 1. The van der Waals surface area contributed by atoms with Gasteiger partial charge in [-0.25, -0.2) is 4.99 Å². The summed E-state index contributed by atoms with van der Waals surface area (Å²) in [5.74, 6) is -0.160. The van der Waals surface area contributed by atoms with Gasteiger partial charge in [-0.05, 0) is 51.8 Å². The topological polar surface area (TPSA) is 59.6 Å². The van der Waals surface area contributed by atoms with Crippen molar-refractivity contribution in [3.63, 3.8) is 0 Å². The number of nitrogens with one attached hydrogen (secondary N) is 1. The van der Waals surface area contributed by atoms with E-state index >= 15 is 0 Å². The summed E-state index contributed by atoms with van der Waals surface area (Å²) >= 11 is 6.72. The zero-order chi connectivity index (χ0) is 17.7. The van der Waals surface area contributed by atoms with E-state index in [2.05, 4.69) is 46.9 Å². The number of halogens is 5. The Kier molecular flexibility index (Phi) is 6.11. The van der Waals surface area contributed by atoms with Crippen molar-refractivity contribution in [2.75, 3.05) is 5.32 Å². The van der Waals surface area contributed by atoms with Gasteiger partial charge < -0.3 is 15.8 Å². The van der Waals surface area contributed by atoms with Crippen LogP contribution in [0, 0.1) is 0 Å². The normalized spacial score (nSPS) is 12.1. The van der Waals surface area contributed by atoms with Gasteiger partial charge in [-0.2, -0.15) is 0 Å². The van der Waals surface area contributed by atoms with Crippen LogP contribution in [0.15, 0.2) is 56.4 Å². The first-order valence-corrected chi connectivity index (χ1v) is 8.18. The molecule has 2 aromatic carbocycles. The number of rotatable bonds is 4. The maximum absolute atomic E-state index is 12.2. The Balaban J connectivity index is 2.04. The summed E-state index contributed by atoms with van der Waals surface area (Å²) in [7, 11) is 0. The summed E-state index contributed by atoms with van der Waals surface area (Å²) in [6.45, 7) is 0.111. The fraction of sp³-hybridized carbons (Fsp3) is 0.133. The van der Waals surface area contributed by atoms with E-state index in [4.69, 9.17) is 5.73 Å². The smallest absolute Gasteiger partial charge is 0.406 e. The molecule has 0 atom stereocenters. The van der Waals surface area contributed by atoms with Gasteiger partial charge in [-0.3, -0.25) is 0 Å². The van der Waals surface area contributed by atoms with Crippen molar-refractivity contribution in [2.24, 2.45) is 10.7 Å². The Morgan fingerprint density at radius 1 is 1.17 bits per heavy atom. The van der Waals surface area contributed by atoms with Crippen LogP contribution in [0.5, 0.6) is 5.75 Å². The average molecular weight is 467 g/mol. The van der Waals surface area contributed by atoms with E-state index in [-0.39, 0.29) is 18.3 Å². The third kappa shape index (κ3) is 6.04. The lowest BCUT2D eigenvalue weighted by Crippen LogP contribution is -2.22. The minimum Gasteiger partial charge on any atom is -0.406 e. The van der Waals surface area contributed by atoms with Crippen LogP contribution < -0.4 is 15.8 Å². The third-order valence-corrected chi connectivity index (χ3v) is 3.94. The van der Waals surface area contributed by atoms with E-state index in [1.54, 1.807) is 6.07 Å². The van der Waals surface area contributed by atoms with Crippen LogP contribution >= 0.6 is 31.9 Å². The molecule has 0 aliphatic heterocycles. The van der Waals surface area contributed by atoms with Crippen molar-refractivity contribution in [2.45, 2.75) is 12.9 Å². The Morgan fingerprint density at radius 3 is 2.62 bits per heavy atom. The molecule has 9 heteroatoms. The van der Waals surface area contributed by atoms with Crippen molar-refractivity contribution < 1.29 is 17.9 Å². The molecule has 0 aliphatic rings. The van der Waals surface area contributed by atoms with Crippen LogP contribution in [0.25, 0.3) is 0 Å². The molecular formula is C15H12Br2F3N3O. The SMILES string of the molecule is NC(=NCc1cccc(OC(F)(F)F)c1)Nc1cc(Br)ccc1Br. The second-order valence-electron chi connectivity index (χ2n) is 4.65. The lowest BCUT2D eigenvalue weighted by Gasteiger charge is -2.10. The molecule has 0 spiro atoms. The van der Waals surface area contributed by atoms with Gasteiger partial charge in [0, 0.05) is 8.95 Å². The van der Waals surface area contributed by atoms with Crippen molar-refractivity contribution in [1.29, 1.82) is 0 Å². The first kappa shape index (κ1) is 18.6. The van der Waals surface area contributed by atoms with Gasteiger partial charge in [0.1, 0.15) is 5.75 Å². The summed E-state index contributed by atoms with van der Waals surface area (Å²) in [6, 6.07) is 11.1. The average Bonchev–Trinajstić information content (AvgIpc) is 2.48. The van der Waals surface area contributed by atoms with E-state index in [0.717, 1.165) is 8.95 Å². The predicted molar refractivity (Wildman–Crippen MR) is 93.9 cm³/mol. The lowest BCUT2D eigenvalue weighted by atomic mass is 10.2. The molecule has 128 valence electrons. The highest BCUT2D eigenvalue weighted by atomic mass is 79.9. The van der Waals surface area contributed by atoms with Crippen molar-refractivity contribution >= 4 is 43.5 Å². The molecule has 24 heavy (non-hydrogen) atoms. The summed E-state index contributed by atoms with van der Waals surface area (Å²) < 4.78 is 42.2. The number of anilines is 1. The molecule has 0 saturated carbocycles. The fourth-order valence-electron chi connectivity index (χ4n) is 1.79. The van der Waals surface area contributed by atoms with Gasteiger partial charge in [0.2, 0.25) is 0 Å². The molecule has 0 radical (unpaired) electrons. The van der Waals surface area contributed by atoms with Crippen molar-refractivity contribution in [3.8, 4) is 5.75 Å². The minimum absolute atomic E-state index is 0.111. The first-order chi connectivity index (χ1) is 11.2. The largest absolute Gasteiger partial charge is 0.573 e. The van der Waals surface area contributed by atoms with Crippen LogP contribution in [0.4, 0.5) is 18.9 Å². The van der Waals surface area contributed by atoms with Gasteiger partial charge in [-0.15, -0.1) is 13.2 Å². The zero-order valence-corrected chi connectivity index (χ0v) is 15.2. The zero-order valence-electron chi connectivity index (χ0n) is 12.1. The fourth-order valence-corrected chi connectivity index (χ4v) is 2.50. The number of aliphatic imine (C=N–C) groups is 1. The third-order valence-electron chi connectivity index (χ3n) is 2.76. The highest BCUT2D eigenvalue weighted by Crippen LogP contribution is 2.26. The lowest BCUT2D eigenvalue weighted by molar-refractivity contribution is -0.274. The van der Waals surface area contributed by atoms with Crippen LogP contribution in [-0.4, -0.2) is 12.3 Å². The molecule has 0 fully saturated rings. The molecule has 2 rings (SSSR count). The molecule has 0 unspecified atom stereocenters. The maximum Gasteiger partial charge on any atom is 0.573 e. The monoisotopic (exact) mass is 465 g/mol. The number of nitrogens with zero attached hydrogens (tertiary/aromatic N) is 1. The molecule has 0 saturated heterocycles. The van der Waals surface area contributed by atoms with Crippen molar-refractivity contribution in [3.05, 3.63) is 57.0 Å². The Labute approximate surface area is 153 Å². The van der Waals surface area contributed by atoms with Crippen molar-refractivity contribution in [1.82, 2.24) is 0 Å². The number of ether oxygens (including phenoxy) is 1. The van der Waals surface area contributed by atoms with E-state index in [0.29, 0.717) is 11.3 Å². The highest BCUT2D eigenvalue weighted by molar-refractivity contribution is 9.11. The predicted octanol–water partition coefficient (Wildman–Crippen LogP) is 5.04. The summed E-state index contributed by atoms with van der Waals surface area (Å²) in [6.07, 6.45) is -4.73. The summed E-state index contributed by atoms with van der Waals surface area (Å²) in [4.78, 5) is 4.11. The van der Waals surface area contributed by atoms with Gasteiger partial charge in [0.15, 0.2) is 5.96 Å². The van der Waals surface area contributed by atoms with Gasteiger partial charge in [0.25, 0.3) is 0 Å². The molecule has 0 amide bonds. The minimum atomic E-state index is -4.73. The summed E-state index contributed by atoms with van der Waals surface area (Å²) in [5.41, 5.74) is 7.05. The number of benzene rings is 2. The van der Waals surface area contributed by atoms with E-state index in [1.165, 1.54) is 18.2 Å². The second kappa shape index (κ2) is 7.89. The number of nitrogens with two attached hydrogens (primary N) is 1. The van der Waals surface area contributed by atoms with Gasteiger partial charge >= 0.3 is 6.36 Å². The summed E-state index contributed by atoms with van der Waals surface area (Å²) in [5, 5.41) is 2.91. The quantitative estimate of drug-likeness (QED) is 0.490. The maximum atomic E-state index is 12.2. The molecule has 3 N–H and O–H groups in total. The van der Waals surface area contributed by atoms with Gasteiger partial charge in [-0.1, -0.05) is 28.1 Å². The molecule has 0 heterocycles. The molecule has 0 aromatic heterocycles. The standard InChI is InChI=1S/C15H12Br2F3N3O/c16-10-4-5-12(17)13(7-10)23-14(21)22-8-9-2-1-3-11(6-9)24-15(18,19)20/h1-7H,8H2,(H3,21,22,23). The van der Waals surface area contributed by atoms with E-state index in [9.17, 15) is 13.2 Å². The Bertz CT molecular complexity index is 751. The first-order valence-electron chi connectivity index (χ1n) is 6.59. The molecule has 0 aliphatic carbocycles. The number of alkyl halides is 3. The van der Waals surface area contributed by atoms with Crippen LogP contribution in [0.2, 0.25) is 0 Å². The van der Waals surface area contributed by atoms with Crippen LogP contribution in [0.1, 0.15) is 5.56 Å². The Morgan fingerprint density at radius 2 is 1.92 bits per heavy atom. The molecule has 2 aromatic rings. The van der Waals surface area contributed by atoms with Crippen LogP contribution in [0.3, 0.4) is 0 Å². The number of hydrogen-bond acceptors (Lipinski definition) is 2. The number of hydrogen-bond donors (Lipinski definition) is 2. The second-order valence-corrected chi connectivity index (χ2v) is 6.42. The Hall–Kier alpha value is -1.74. The van der Waals surface area contributed by atoms with Crippen LogP contribution in [-0.2, 0) is 6.54 Å². The molecule has 0 bridgehead atoms. The molecular weight excluding hydrogens is 455 g/mol.